The fourth-order valence-corrected chi connectivity index (χ4v) is 2.25. The van der Waals surface area contributed by atoms with Gasteiger partial charge in [-0.15, -0.1) is 0 Å². The van der Waals surface area contributed by atoms with E-state index in [0.717, 1.165) is 0 Å². The Labute approximate surface area is 157 Å². The van der Waals surface area contributed by atoms with Crippen molar-refractivity contribution in [3.63, 3.8) is 0 Å². The van der Waals surface area contributed by atoms with E-state index in [-0.39, 0.29) is 18.3 Å². The summed E-state index contributed by atoms with van der Waals surface area (Å²) in [5, 5.41) is 5.28. The van der Waals surface area contributed by atoms with Crippen molar-refractivity contribution in [2.75, 3.05) is 17.2 Å². The molecule has 0 aromatic heterocycles. The molecular formula is C20H22N2O5. The quantitative estimate of drug-likeness (QED) is 0.722. The van der Waals surface area contributed by atoms with Crippen molar-refractivity contribution in [2.24, 2.45) is 0 Å². The number of hydrogen-bond acceptors (Lipinski definition) is 5. The van der Waals surface area contributed by atoms with Crippen LogP contribution in [0.25, 0.3) is 0 Å². The van der Waals surface area contributed by atoms with Crippen molar-refractivity contribution in [1.29, 1.82) is 0 Å². The summed E-state index contributed by atoms with van der Waals surface area (Å²) in [5.41, 5.74) is 1.52. The first-order valence-corrected chi connectivity index (χ1v) is 8.51. The van der Waals surface area contributed by atoms with Crippen molar-refractivity contribution in [3.05, 3.63) is 54.1 Å². The Morgan fingerprint density at radius 1 is 1.00 bits per heavy atom. The van der Waals surface area contributed by atoms with Gasteiger partial charge in [-0.1, -0.05) is 18.2 Å². The molecule has 0 fully saturated rings. The molecule has 2 aromatic carbocycles. The van der Waals surface area contributed by atoms with Gasteiger partial charge in [-0.3, -0.25) is 14.9 Å². The van der Waals surface area contributed by atoms with Crippen molar-refractivity contribution in [2.45, 2.75) is 26.9 Å². The van der Waals surface area contributed by atoms with Crippen LogP contribution in [0.3, 0.4) is 0 Å². The Morgan fingerprint density at radius 3 is 2.33 bits per heavy atom. The Hall–Kier alpha value is -3.35. The van der Waals surface area contributed by atoms with Gasteiger partial charge in [-0.2, -0.15) is 0 Å². The van der Waals surface area contributed by atoms with Crippen molar-refractivity contribution < 1.29 is 23.9 Å². The highest BCUT2D eigenvalue weighted by Crippen LogP contribution is 2.19. The third-order valence-corrected chi connectivity index (χ3v) is 3.57. The molecule has 1 unspecified atom stereocenters. The zero-order valence-electron chi connectivity index (χ0n) is 15.4. The minimum Gasteiger partial charge on any atom is -0.481 e. The molecule has 0 aliphatic rings. The zero-order chi connectivity index (χ0) is 19.8. The minimum absolute atomic E-state index is 0.0821. The van der Waals surface area contributed by atoms with Crippen molar-refractivity contribution >= 4 is 29.2 Å². The highest BCUT2D eigenvalue weighted by atomic mass is 16.5. The Bertz CT molecular complexity index is 835. The molecule has 2 N–H and O–H groups in total. The van der Waals surface area contributed by atoms with E-state index in [9.17, 15) is 14.4 Å². The fraction of sp³-hybridized carbons (Fsp3) is 0.250. The van der Waals surface area contributed by atoms with E-state index < -0.39 is 12.2 Å². The molecule has 2 aromatic rings. The van der Waals surface area contributed by atoms with E-state index in [0.29, 0.717) is 22.7 Å². The van der Waals surface area contributed by atoms with E-state index in [1.165, 1.54) is 6.92 Å². The SMILES string of the molecule is CCOC(=O)Nc1cccc(OC(C)C(=O)Nc2cccc(C(C)=O)c2)c1. The van der Waals surface area contributed by atoms with E-state index in [1.807, 2.05) is 0 Å². The lowest BCUT2D eigenvalue weighted by molar-refractivity contribution is -0.122. The lowest BCUT2D eigenvalue weighted by atomic mass is 10.1. The van der Waals surface area contributed by atoms with Crippen LogP contribution in [0.1, 0.15) is 31.1 Å². The van der Waals surface area contributed by atoms with Gasteiger partial charge < -0.3 is 14.8 Å². The van der Waals surface area contributed by atoms with E-state index in [2.05, 4.69) is 10.6 Å². The molecule has 0 aliphatic heterocycles. The second-order valence-corrected chi connectivity index (χ2v) is 5.76. The number of amides is 2. The highest BCUT2D eigenvalue weighted by Gasteiger charge is 2.16. The molecule has 0 aliphatic carbocycles. The molecule has 2 rings (SSSR count). The van der Waals surface area contributed by atoms with Crippen LogP contribution in [0.5, 0.6) is 5.75 Å². The summed E-state index contributed by atoms with van der Waals surface area (Å²) in [6.45, 7) is 5.05. The van der Waals surface area contributed by atoms with Crippen molar-refractivity contribution in [3.8, 4) is 5.75 Å². The lowest BCUT2D eigenvalue weighted by Gasteiger charge is -2.16. The number of benzene rings is 2. The smallest absolute Gasteiger partial charge is 0.411 e. The molecule has 0 saturated carbocycles. The highest BCUT2D eigenvalue weighted by molar-refractivity contribution is 5.98. The Morgan fingerprint density at radius 2 is 1.67 bits per heavy atom. The zero-order valence-corrected chi connectivity index (χ0v) is 15.4. The topological polar surface area (TPSA) is 93.7 Å². The summed E-state index contributed by atoms with van der Waals surface area (Å²) in [7, 11) is 0. The van der Waals surface area contributed by atoms with Crippen molar-refractivity contribution in [1.82, 2.24) is 0 Å². The Kier molecular flexibility index (Phi) is 6.93. The van der Waals surface area contributed by atoms with Gasteiger partial charge in [-0.25, -0.2) is 4.79 Å². The largest absolute Gasteiger partial charge is 0.481 e. The maximum atomic E-state index is 12.3. The normalized spacial score (nSPS) is 11.2. The van der Waals surface area contributed by atoms with Gasteiger partial charge in [0.25, 0.3) is 5.91 Å². The Balaban J connectivity index is 1.99. The predicted octanol–water partition coefficient (Wildman–Crippen LogP) is 3.86. The van der Waals surface area contributed by atoms with Crippen LogP contribution in [-0.4, -0.2) is 30.5 Å². The predicted molar refractivity (Wildman–Crippen MR) is 102 cm³/mol. The summed E-state index contributed by atoms with van der Waals surface area (Å²) in [6, 6.07) is 13.3. The molecule has 0 spiro atoms. The van der Waals surface area contributed by atoms with Gasteiger partial charge >= 0.3 is 6.09 Å². The summed E-state index contributed by atoms with van der Waals surface area (Å²) < 4.78 is 10.5. The maximum Gasteiger partial charge on any atom is 0.411 e. The van der Waals surface area contributed by atoms with E-state index >= 15 is 0 Å². The number of carbonyl (C=O) groups is 3. The third-order valence-electron chi connectivity index (χ3n) is 3.57. The molecule has 2 amide bonds. The van der Waals surface area contributed by atoms with Crippen LogP contribution in [0.15, 0.2) is 48.5 Å². The molecule has 0 radical (unpaired) electrons. The van der Waals surface area contributed by atoms with Crippen LogP contribution < -0.4 is 15.4 Å². The van der Waals surface area contributed by atoms with Gasteiger partial charge in [0.05, 0.1) is 6.61 Å². The van der Waals surface area contributed by atoms with Gasteiger partial charge in [0, 0.05) is 23.0 Å². The summed E-state index contributed by atoms with van der Waals surface area (Å²) in [5.74, 6) is -0.0230. The lowest BCUT2D eigenvalue weighted by Crippen LogP contribution is -2.30. The first-order chi connectivity index (χ1) is 12.9. The van der Waals surface area contributed by atoms with E-state index in [1.54, 1.807) is 62.4 Å². The number of rotatable bonds is 7. The van der Waals surface area contributed by atoms with E-state index in [4.69, 9.17) is 9.47 Å². The number of hydrogen-bond donors (Lipinski definition) is 2. The van der Waals surface area contributed by atoms with Gasteiger partial charge in [-0.05, 0) is 45.0 Å². The summed E-state index contributed by atoms with van der Waals surface area (Å²) in [4.78, 5) is 35.2. The summed E-state index contributed by atoms with van der Waals surface area (Å²) >= 11 is 0. The third kappa shape index (κ3) is 6.14. The summed E-state index contributed by atoms with van der Waals surface area (Å²) in [6.07, 6.45) is -1.35. The number of anilines is 2. The molecule has 7 heteroatoms. The first-order valence-electron chi connectivity index (χ1n) is 8.51. The van der Waals surface area contributed by atoms with Gasteiger partial charge in [0.15, 0.2) is 11.9 Å². The maximum absolute atomic E-state index is 12.3. The standard InChI is InChI=1S/C20H22N2O5/c1-4-26-20(25)22-17-9-6-10-18(12-17)27-14(3)19(24)21-16-8-5-7-15(11-16)13(2)23/h5-12,14H,4H2,1-3H3,(H,21,24)(H,22,25). The average Bonchev–Trinajstić information content (AvgIpc) is 2.62. The van der Waals surface area contributed by atoms with Crippen LogP contribution in [0.2, 0.25) is 0 Å². The molecule has 1 atom stereocenters. The number of ketones is 1. The molecule has 0 bridgehead atoms. The number of carbonyl (C=O) groups excluding carboxylic acids is 3. The fourth-order valence-electron chi connectivity index (χ4n) is 2.25. The average molecular weight is 370 g/mol. The first kappa shape index (κ1) is 20.0. The number of ether oxygens (including phenoxy) is 2. The molecule has 7 nitrogen and oxygen atoms in total. The van der Waals surface area contributed by atoms with Crippen LogP contribution in [0, 0.1) is 0 Å². The molecule has 0 heterocycles. The molecular weight excluding hydrogens is 348 g/mol. The molecule has 27 heavy (non-hydrogen) atoms. The number of Topliss-reactive ketones (excluding diaryl/α,β-unsaturated/α-hetero) is 1. The second-order valence-electron chi connectivity index (χ2n) is 5.76. The van der Waals surface area contributed by atoms with Crippen LogP contribution >= 0.6 is 0 Å². The van der Waals surface area contributed by atoms with Crippen LogP contribution in [0.4, 0.5) is 16.2 Å². The minimum atomic E-state index is -0.788. The second kappa shape index (κ2) is 9.38. The van der Waals surface area contributed by atoms with Crippen LogP contribution in [-0.2, 0) is 9.53 Å². The molecule has 142 valence electrons. The monoisotopic (exact) mass is 370 g/mol. The molecule has 0 saturated heterocycles. The van der Waals surface area contributed by atoms with Gasteiger partial charge in [0.2, 0.25) is 0 Å². The number of nitrogens with one attached hydrogen (secondary N) is 2. The van der Waals surface area contributed by atoms with Gasteiger partial charge in [0.1, 0.15) is 5.75 Å².